The van der Waals surface area contributed by atoms with E-state index in [1.807, 2.05) is 13.1 Å². The zero-order chi connectivity index (χ0) is 12.3. The van der Waals surface area contributed by atoms with Crippen LogP contribution in [0.3, 0.4) is 0 Å². The number of nitrogens with zero attached hydrogens (tertiary/aromatic N) is 1. The molecular formula is C13H18FNO2. The summed E-state index contributed by atoms with van der Waals surface area (Å²) in [6, 6.07) is 5.27. The first kappa shape index (κ1) is 12.3. The van der Waals surface area contributed by atoms with Gasteiger partial charge in [0.15, 0.2) is 0 Å². The van der Waals surface area contributed by atoms with Crippen LogP contribution >= 0.6 is 0 Å². The highest BCUT2D eigenvalue weighted by molar-refractivity contribution is 5.54. The molecule has 0 amide bonds. The predicted molar refractivity (Wildman–Crippen MR) is 64.6 cm³/mol. The third-order valence-corrected chi connectivity index (χ3v) is 3.37. The van der Waals surface area contributed by atoms with Crippen LogP contribution in [-0.4, -0.2) is 31.4 Å². The van der Waals surface area contributed by atoms with E-state index in [2.05, 4.69) is 4.90 Å². The van der Waals surface area contributed by atoms with Gasteiger partial charge >= 0.3 is 0 Å². The summed E-state index contributed by atoms with van der Waals surface area (Å²) in [7, 11) is 1.95. The molecule has 0 bridgehead atoms. The van der Waals surface area contributed by atoms with Gasteiger partial charge in [0, 0.05) is 37.6 Å². The Kier molecular flexibility index (Phi) is 3.97. The lowest BCUT2D eigenvalue weighted by Gasteiger charge is -2.34. The van der Waals surface area contributed by atoms with Crippen molar-refractivity contribution in [3.05, 3.63) is 29.6 Å². The average Bonchev–Trinajstić information content (AvgIpc) is 2.38. The van der Waals surface area contributed by atoms with Crippen molar-refractivity contribution in [2.45, 2.75) is 25.5 Å². The van der Waals surface area contributed by atoms with Crippen LogP contribution in [0.25, 0.3) is 0 Å². The normalized spacial score (nSPS) is 17.1. The van der Waals surface area contributed by atoms with Crippen LogP contribution in [0.1, 0.15) is 18.4 Å². The fourth-order valence-corrected chi connectivity index (χ4v) is 2.30. The average molecular weight is 239 g/mol. The zero-order valence-corrected chi connectivity index (χ0v) is 10.0. The van der Waals surface area contributed by atoms with Gasteiger partial charge in [-0.2, -0.15) is 0 Å². The maximum absolute atomic E-state index is 13.6. The van der Waals surface area contributed by atoms with Gasteiger partial charge in [0.1, 0.15) is 5.82 Å². The molecule has 0 atom stereocenters. The van der Waals surface area contributed by atoms with Gasteiger partial charge in [-0.25, -0.2) is 4.39 Å². The number of aliphatic hydroxyl groups is 1. The summed E-state index contributed by atoms with van der Waals surface area (Å²) in [5, 5.41) is 9.26. The van der Waals surface area contributed by atoms with Crippen molar-refractivity contribution in [3.8, 4) is 0 Å². The van der Waals surface area contributed by atoms with Crippen molar-refractivity contribution in [3.63, 3.8) is 0 Å². The first-order valence-corrected chi connectivity index (χ1v) is 5.93. The third-order valence-electron chi connectivity index (χ3n) is 3.37. The number of ether oxygens (including phenoxy) is 1. The largest absolute Gasteiger partial charge is 0.391 e. The minimum atomic E-state index is -0.344. The van der Waals surface area contributed by atoms with Gasteiger partial charge in [-0.05, 0) is 25.0 Å². The molecule has 94 valence electrons. The van der Waals surface area contributed by atoms with E-state index >= 15 is 0 Å². The molecule has 1 N–H and O–H groups in total. The van der Waals surface area contributed by atoms with Crippen LogP contribution < -0.4 is 4.90 Å². The maximum atomic E-state index is 13.6. The van der Waals surface area contributed by atoms with Crippen molar-refractivity contribution in [1.82, 2.24) is 0 Å². The second-order valence-electron chi connectivity index (χ2n) is 4.35. The molecule has 0 spiro atoms. The quantitative estimate of drug-likeness (QED) is 0.875. The van der Waals surface area contributed by atoms with E-state index in [9.17, 15) is 9.50 Å². The highest BCUT2D eigenvalue weighted by Crippen LogP contribution is 2.26. The number of aliphatic hydroxyl groups excluding tert-OH is 1. The Bertz CT molecular complexity index is 378. The lowest BCUT2D eigenvalue weighted by Crippen LogP contribution is -2.37. The third kappa shape index (κ3) is 2.58. The Balaban J connectivity index is 2.23. The minimum absolute atomic E-state index is 0.268. The fraction of sp³-hybridized carbons (Fsp3) is 0.538. The summed E-state index contributed by atoms with van der Waals surface area (Å²) in [5.41, 5.74) is 1.15. The van der Waals surface area contributed by atoms with Crippen LogP contribution in [0.2, 0.25) is 0 Å². The molecular weight excluding hydrogens is 221 g/mol. The van der Waals surface area contributed by atoms with E-state index in [0.29, 0.717) is 11.6 Å². The van der Waals surface area contributed by atoms with Crippen LogP contribution in [0, 0.1) is 5.82 Å². The standard InChI is InChI=1S/C13H18FNO2/c1-15(10-5-7-17-8-6-10)13-4-2-3-12(14)11(13)9-16/h2-4,10,16H,5-9H2,1H3. The van der Waals surface area contributed by atoms with Gasteiger partial charge in [-0.1, -0.05) is 6.07 Å². The molecule has 1 fully saturated rings. The Morgan fingerprint density at radius 3 is 2.76 bits per heavy atom. The molecule has 1 aliphatic heterocycles. The van der Waals surface area contributed by atoms with E-state index in [0.717, 1.165) is 31.7 Å². The van der Waals surface area contributed by atoms with Crippen LogP contribution in [0.15, 0.2) is 18.2 Å². The molecule has 1 saturated heterocycles. The highest BCUT2D eigenvalue weighted by atomic mass is 19.1. The van der Waals surface area contributed by atoms with Gasteiger partial charge in [0.2, 0.25) is 0 Å². The highest BCUT2D eigenvalue weighted by Gasteiger charge is 2.21. The molecule has 17 heavy (non-hydrogen) atoms. The summed E-state index contributed by atoms with van der Waals surface area (Å²) in [6.45, 7) is 1.23. The SMILES string of the molecule is CN(c1cccc(F)c1CO)C1CCOCC1. The Hall–Kier alpha value is -1.13. The van der Waals surface area contributed by atoms with E-state index in [1.54, 1.807) is 6.07 Å². The number of rotatable bonds is 3. The van der Waals surface area contributed by atoms with Crippen molar-refractivity contribution in [1.29, 1.82) is 0 Å². The van der Waals surface area contributed by atoms with Gasteiger partial charge in [-0.3, -0.25) is 0 Å². The predicted octanol–water partition coefficient (Wildman–Crippen LogP) is 1.93. The first-order chi connectivity index (χ1) is 8.24. The fourth-order valence-electron chi connectivity index (χ4n) is 2.30. The van der Waals surface area contributed by atoms with E-state index in [-0.39, 0.29) is 12.4 Å². The Morgan fingerprint density at radius 2 is 2.12 bits per heavy atom. The van der Waals surface area contributed by atoms with Gasteiger partial charge < -0.3 is 14.7 Å². The molecule has 4 heteroatoms. The summed E-state index contributed by atoms with van der Waals surface area (Å²) in [6.07, 6.45) is 1.88. The van der Waals surface area contributed by atoms with Crippen LogP contribution in [0.4, 0.5) is 10.1 Å². The number of halogens is 1. The summed E-state index contributed by atoms with van der Waals surface area (Å²) >= 11 is 0. The molecule has 0 aromatic heterocycles. The molecule has 0 aliphatic carbocycles. The molecule has 2 rings (SSSR count). The van der Waals surface area contributed by atoms with Gasteiger partial charge in [0.05, 0.1) is 6.61 Å². The van der Waals surface area contributed by atoms with E-state index in [1.165, 1.54) is 6.07 Å². The molecule has 1 aliphatic rings. The summed E-state index contributed by atoms with van der Waals surface area (Å²) in [4.78, 5) is 2.05. The van der Waals surface area contributed by atoms with Crippen molar-refractivity contribution >= 4 is 5.69 Å². The second-order valence-corrected chi connectivity index (χ2v) is 4.35. The lowest BCUT2D eigenvalue weighted by molar-refractivity contribution is 0.0854. The molecule has 0 radical (unpaired) electrons. The smallest absolute Gasteiger partial charge is 0.130 e. The van der Waals surface area contributed by atoms with Crippen LogP contribution in [-0.2, 0) is 11.3 Å². The molecule has 1 aromatic rings. The van der Waals surface area contributed by atoms with Gasteiger partial charge in [0.25, 0.3) is 0 Å². The second kappa shape index (κ2) is 5.47. The molecule has 0 unspecified atom stereocenters. The van der Waals surface area contributed by atoms with E-state index in [4.69, 9.17) is 4.74 Å². The van der Waals surface area contributed by atoms with Gasteiger partial charge in [-0.15, -0.1) is 0 Å². The van der Waals surface area contributed by atoms with Crippen molar-refractivity contribution in [2.24, 2.45) is 0 Å². The topological polar surface area (TPSA) is 32.7 Å². The number of hydrogen-bond acceptors (Lipinski definition) is 3. The Morgan fingerprint density at radius 1 is 1.41 bits per heavy atom. The summed E-state index contributed by atoms with van der Waals surface area (Å²) in [5.74, 6) is -0.344. The minimum Gasteiger partial charge on any atom is -0.391 e. The van der Waals surface area contributed by atoms with Crippen LogP contribution in [0.5, 0.6) is 0 Å². The number of hydrogen-bond donors (Lipinski definition) is 1. The number of benzene rings is 1. The zero-order valence-electron chi connectivity index (χ0n) is 10.0. The summed E-state index contributed by atoms with van der Waals surface area (Å²) < 4.78 is 18.9. The lowest BCUT2D eigenvalue weighted by atomic mass is 10.0. The molecule has 1 heterocycles. The first-order valence-electron chi connectivity index (χ1n) is 5.93. The molecule has 1 aromatic carbocycles. The van der Waals surface area contributed by atoms with Crippen molar-refractivity contribution in [2.75, 3.05) is 25.2 Å². The number of anilines is 1. The van der Waals surface area contributed by atoms with Crippen molar-refractivity contribution < 1.29 is 14.2 Å². The molecule has 0 saturated carbocycles. The van der Waals surface area contributed by atoms with E-state index < -0.39 is 0 Å². The maximum Gasteiger partial charge on any atom is 0.130 e. The monoisotopic (exact) mass is 239 g/mol. The Labute approximate surface area is 101 Å². The molecule has 3 nitrogen and oxygen atoms in total.